The van der Waals surface area contributed by atoms with Gasteiger partial charge in [0.25, 0.3) is 0 Å². The molecule has 2 unspecified atom stereocenters. The fourth-order valence-electron chi connectivity index (χ4n) is 4.58. The Balaban J connectivity index is 1.27. The number of carbonyl (C=O) groups is 1. The molecule has 2 aromatic carbocycles. The lowest BCUT2D eigenvalue weighted by Crippen LogP contribution is -2.46. The largest absolute Gasteiger partial charge is 0.339 e. The van der Waals surface area contributed by atoms with Crippen molar-refractivity contribution >= 4 is 11.6 Å². The molecule has 32 heavy (non-hydrogen) atoms. The second-order valence-electron chi connectivity index (χ2n) is 8.25. The molecule has 2 saturated heterocycles. The highest BCUT2D eigenvalue weighted by molar-refractivity contribution is 5.99. The first kappa shape index (κ1) is 20.3. The van der Waals surface area contributed by atoms with Gasteiger partial charge in [0.05, 0.1) is 23.6 Å². The van der Waals surface area contributed by atoms with Crippen LogP contribution in [0.3, 0.4) is 0 Å². The molecule has 2 aliphatic heterocycles. The van der Waals surface area contributed by atoms with E-state index in [0.717, 1.165) is 31.5 Å². The monoisotopic (exact) mass is 431 g/mol. The van der Waals surface area contributed by atoms with Crippen molar-refractivity contribution < 1.29 is 13.7 Å². The molecule has 2 atom stereocenters. The molecule has 2 aliphatic rings. The number of nitrogens with zero attached hydrogens (tertiary/aromatic N) is 5. The molecular weight excluding hydrogens is 409 g/mol. The Labute approximate surface area is 185 Å². The van der Waals surface area contributed by atoms with Crippen molar-refractivity contribution in [2.45, 2.75) is 31.2 Å². The van der Waals surface area contributed by atoms with Crippen molar-refractivity contribution in [1.29, 1.82) is 5.26 Å². The van der Waals surface area contributed by atoms with Gasteiger partial charge in [-0.05, 0) is 74.3 Å². The molecule has 3 heterocycles. The van der Waals surface area contributed by atoms with Crippen LogP contribution < -0.4 is 4.90 Å². The first-order chi connectivity index (χ1) is 15.6. The van der Waals surface area contributed by atoms with Crippen molar-refractivity contribution in [1.82, 2.24) is 15.0 Å². The fourth-order valence-corrected chi connectivity index (χ4v) is 4.58. The minimum absolute atomic E-state index is 0.0576. The number of amides is 1. The number of aromatic nitrogens is 2. The predicted octanol–water partition coefficient (Wildman–Crippen LogP) is 3.73. The third kappa shape index (κ3) is 3.87. The van der Waals surface area contributed by atoms with Gasteiger partial charge in [-0.25, -0.2) is 4.39 Å². The van der Waals surface area contributed by atoms with Gasteiger partial charge >= 0.3 is 0 Å². The van der Waals surface area contributed by atoms with Gasteiger partial charge in [-0.1, -0.05) is 5.16 Å². The third-order valence-electron chi connectivity index (χ3n) is 6.27. The zero-order valence-corrected chi connectivity index (χ0v) is 17.4. The molecule has 5 rings (SSSR count). The van der Waals surface area contributed by atoms with E-state index in [4.69, 9.17) is 9.78 Å². The van der Waals surface area contributed by atoms with Crippen molar-refractivity contribution in [3.63, 3.8) is 0 Å². The lowest BCUT2D eigenvalue weighted by molar-refractivity contribution is -0.122. The van der Waals surface area contributed by atoms with E-state index in [2.05, 4.69) is 21.1 Å². The predicted molar refractivity (Wildman–Crippen MR) is 115 cm³/mol. The number of nitriles is 1. The summed E-state index contributed by atoms with van der Waals surface area (Å²) in [5, 5.41) is 13.1. The molecule has 3 aromatic rings. The lowest BCUT2D eigenvalue weighted by Gasteiger charge is -2.34. The van der Waals surface area contributed by atoms with Crippen molar-refractivity contribution in [3.05, 3.63) is 65.8 Å². The normalized spacial score (nSPS) is 21.6. The molecule has 2 fully saturated rings. The minimum Gasteiger partial charge on any atom is -0.339 e. The molecule has 0 saturated carbocycles. The van der Waals surface area contributed by atoms with E-state index < -0.39 is 0 Å². The number of rotatable bonds is 4. The maximum absolute atomic E-state index is 13.2. The Kier molecular flexibility index (Phi) is 5.41. The van der Waals surface area contributed by atoms with Crippen LogP contribution in [0.25, 0.3) is 11.4 Å². The molecule has 1 amide bonds. The SMILES string of the molecule is N#Cc1ccc(N2CCC(N3CCCC(c4nc(-c5ccc(F)cc5)no4)C3)C2=O)cc1. The van der Waals surface area contributed by atoms with Crippen LogP contribution >= 0.6 is 0 Å². The first-order valence-corrected chi connectivity index (χ1v) is 10.8. The van der Waals surface area contributed by atoms with Crippen LogP contribution in [0.2, 0.25) is 0 Å². The van der Waals surface area contributed by atoms with Gasteiger partial charge in [0.15, 0.2) is 0 Å². The Morgan fingerprint density at radius 2 is 1.84 bits per heavy atom. The van der Waals surface area contributed by atoms with Crippen LogP contribution in [0.15, 0.2) is 53.1 Å². The Morgan fingerprint density at radius 1 is 1.06 bits per heavy atom. The molecule has 0 N–H and O–H groups in total. The van der Waals surface area contributed by atoms with Crippen molar-refractivity contribution in [2.24, 2.45) is 0 Å². The minimum atomic E-state index is -0.309. The summed E-state index contributed by atoms with van der Waals surface area (Å²) < 4.78 is 18.7. The van der Waals surface area contributed by atoms with Gasteiger partial charge < -0.3 is 9.42 Å². The van der Waals surface area contributed by atoms with Crippen LogP contribution in [0.1, 0.15) is 36.6 Å². The van der Waals surface area contributed by atoms with E-state index in [9.17, 15) is 9.18 Å². The van der Waals surface area contributed by atoms with Crippen LogP contribution in [0.4, 0.5) is 10.1 Å². The van der Waals surface area contributed by atoms with Crippen LogP contribution in [0, 0.1) is 17.1 Å². The molecule has 7 nitrogen and oxygen atoms in total. The van der Waals surface area contributed by atoms with E-state index in [1.165, 1.54) is 12.1 Å². The van der Waals surface area contributed by atoms with E-state index in [0.29, 0.717) is 35.9 Å². The second-order valence-corrected chi connectivity index (χ2v) is 8.25. The highest BCUT2D eigenvalue weighted by atomic mass is 19.1. The summed E-state index contributed by atoms with van der Waals surface area (Å²) in [5.41, 5.74) is 2.11. The average Bonchev–Trinajstić information content (AvgIpc) is 3.47. The van der Waals surface area contributed by atoms with Crippen LogP contribution in [0.5, 0.6) is 0 Å². The molecule has 8 heteroatoms. The van der Waals surface area contributed by atoms with Crippen LogP contribution in [-0.2, 0) is 4.79 Å². The summed E-state index contributed by atoms with van der Waals surface area (Å²) in [6.07, 6.45) is 2.62. The summed E-state index contributed by atoms with van der Waals surface area (Å²) >= 11 is 0. The number of anilines is 1. The van der Waals surface area contributed by atoms with Gasteiger partial charge in [0.1, 0.15) is 5.82 Å². The number of halogens is 1. The standard InChI is InChI=1S/C24H22FN5O2/c25-19-7-5-17(6-8-19)22-27-23(32-28-22)18-2-1-12-29(15-18)21-11-13-30(24(21)31)20-9-3-16(14-26)4-10-20/h3-10,18,21H,1-2,11-13,15H2. The summed E-state index contributed by atoms with van der Waals surface area (Å²) in [5.74, 6) is 0.844. The van der Waals surface area contributed by atoms with Gasteiger partial charge in [0, 0.05) is 24.3 Å². The maximum atomic E-state index is 13.2. The van der Waals surface area contributed by atoms with Gasteiger partial charge in [-0.2, -0.15) is 10.2 Å². The molecule has 0 spiro atoms. The quantitative estimate of drug-likeness (QED) is 0.626. The number of hydrogen-bond acceptors (Lipinski definition) is 6. The summed E-state index contributed by atoms with van der Waals surface area (Å²) in [6, 6.07) is 15.1. The second kappa shape index (κ2) is 8.52. The van der Waals surface area contributed by atoms with Crippen molar-refractivity contribution in [3.8, 4) is 17.5 Å². The number of piperidine rings is 1. The van der Waals surface area contributed by atoms with E-state index >= 15 is 0 Å². The highest BCUT2D eigenvalue weighted by Crippen LogP contribution is 2.32. The summed E-state index contributed by atoms with van der Waals surface area (Å²) in [7, 11) is 0. The number of likely N-dealkylation sites (tertiary alicyclic amines) is 1. The Bertz CT molecular complexity index is 1150. The lowest BCUT2D eigenvalue weighted by atomic mass is 9.96. The fraction of sp³-hybridized carbons (Fsp3) is 0.333. The molecule has 0 bridgehead atoms. The molecule has 1 aromatic heterocycles. The number of benzene rings is 2. The molecular formula is C24H22FN5O2. The van der Waals surface area contributed by atoms with Gasteiger partial charge in [-0.15, -0.1) is 0 Å². The van der Waals surface area contributed by atoms with Crippen molar-refractivity contribution in [2.75, 3.05) is 24.5 Å². The number of carbonyl (C=O) groups excluding carboxylic acids is 1. The van der Waals surface area contributed by atoms with Gasteiger partial charge in [-0.3, -0.25) is 9.69 Å². The Hall–Kier alpha value is -3.57. The topological polar surface area (TPSA) is 86.3 Å². The highest BCUT2D eigenvalue weighted by Gasteiger charge is 2.39. The summed E-state index contributed by atoms with van der Waals surface area (Å²) in [4.78, 5) is 21.7. The zero-order valence-electron chi connectivity index (χ0n) is 17.4. The van der Waals surface area contributed by atoms with Crippen LogP contribution in [-0.4, -0.2) is 46.6 Å². The maximum Gasteiger partial charge on any atom is 0.244 e. The average molecular weight is 431 g/mol. The molecule has 0 radical (unpaired) electrons. The van der Waals surface area contributed by atoms with Gasteiger partial charge in [0.2, 0.25) is 17.6 Å². The first-order valence-electron chi connectivity index (χ1n) is 10.8. The zero-order chi connectivity index (χ0) is 22.1. The number of hydrogen-bond donors (Lipinski definition) is 0. The molecule has 0 aliphatic carbocycles. The summed E-state index contributed by atoms with van der Waals surface area (Å²) in [6.45, 7) is 2.20. The smallest absolute Gasteiger partial charge is 0.244 e. The van der Waals surface area contributed by atoms with E-state index in [1.807, 2.05) is 12.1 Å². The van der Waals surface area contributed by atoms with E-state index in [-0.39, 0.29) is 23.7 Å². The Morgan fingerprint density at radius 3 is 2.59 bits per heavy atom. The molecule has 162 valence electrons. The third-order valence-corrected chi connectivity index (χ3v) is 6.27. The van der Waals surface area contributed by atoms with E-state index in [1.54, 1.807) is 29.2 Å².